The number of halogens is 3. The van der Waals surface area contributed by atoms with Gasteiger partial charge in [0.05, 0.1) is 6.54 Å². The van der Waals surface area contributed by atoms with Crippen LogP contribution in [0.1, 0.15) is 32.6 Å². The number of aliphatic imine (C=N–C) groups is 1. The number of hydrogen-bond donors (Lipinski definition) is 2. The SMILES string of the molecule is CCCCOCCCNC(=NC)NCCCN(C)CC(F)(F)F. The molecule has 0 atom stereocenters. The topological polar surface area (TPSA) is 48.9 Å². The van der Waals surface area contributed by atoms with Crippen molar-refractivity contribution in [3.8, 4) is 0 Å². The van der Waals surface area contributed by atoms with Crippen molar-refractivity contribution in [2.24, 2.45) is 4.99 Å². The summed E-state index contributed by atoms with van der Waals surface area (Å²) >= 11 is 0. The predicted octanol–water partition coefficient (Wildman–Crippen LogP) is 2.24. The van der Waals surface area contributed by atoms with E-state index in [1.165, 1.54) is 11.9 Å². The van der Waals surface area contributed by atoms with Crippen LogP contribution in [0.2, 0.25) is 0 Å². The van der Waals surface area contributed by atoms with Gasteiger partial charge >= 0.3 is 6.18 Å². The quantitative estimate of drug-likeness (QED) is 0.325. The van der Waals surface area contributed by atoms with Crippen LogP contribution in [0, 0.1) is 0 Å². The van der Waals surface area contributed by atoms with Crippen LogP contribution in [0.25, 0.3) is 0 Å². The molecular formula is C15H31F3N4O. The number of alkyl halides is 3. The number of rotatable bonds is 12. The number of hydrogen-bond acceptors (Lipinski definition) is 3. The summed E-state index contributed by atoms with van der Waals surface area (Å²) in [5.41, 5.74) is 0. The summed E-state index contributed by atoms with van der Waals surface area (Å²) in [7, 11) is 3.14. The zero-order valence-corrected chi connectivity index (χ0v) is 14.5. The Morgan fingerprint density at radius 2 is 1.70 bits per heavy atom. The average Bonchev–Trinajstić information content (AvgIpc) is 2.46. The number of nitrogens with one attached hydrogen (secondary N) is 2. The summed E-state index contributed by atoms with van der Waals surface area (Å²) in [5.74, 6) is 0.664. The van der Waals surface area contributed by atoms with Crippen molar-refractivity contribution in [1.82, 2.24) is 15.5 Å². The summed E-state index contributed by atoms with van der Waals surface area (Å²) in [4.78, 5) is 5.34. The van der Waals surface area contributed by atoms with E-state index in [-0.39, 0.29) is 0 Å². The lowest BCUT2D eigenvalue weighted by molar-refractivity contribution is -0.143. The van der Waals surface area contributed by atoms with Crippen LogP contribution in [0.4, 0.5) is 13.2 Å². The molecule has 0 rings (SSSR count). The van der Waals surface area contributed by atoms with Gasteiger partial charge in [-0.1, -0.05) is 13.3 Å². The fraction of sp³-hybridized carbons (Fsp3) is 0.933. The molecule has 0 fully saturated rings. The number of nitrogens with zero attached hydrogens (tertiary/aromatic N) is 2. The standard InChI is InChI=1S/C15H31F3N4O/c1-4-5-11-23-12-7-9-21-14(19-2)20-8-6-10-22(3)13-15(16,17)18/h4-13H2,1-3H3,(H2,19,20,21). The second-order valence-corrected chi connectivity index (χ2v) is 5.45. The van der Waals surface area contributed by atoms with Crippen molar-refractivity contribution in [3.63, 3.8) is 0 Å². The van der Waals surface area contributed by atoms with Crippen molar-refractivity contribution in [3.05, 3.63) is 0 Å². The normalized spacial score (nSPS) is 12.7. The molecule has 0 bridgehead atoms. The van der Waals surface area contributed by atoms with E-state index < -0.39 is 12.7 Å². The molecule has 0 amide bonds. The van der Waals surface area contributed by atoms with E-state index in [4.69, 9.17) is 4.74 Å². The molecule has 138 valence electrons. The summed E-state index contributed by atoms with van der Waals surface area (Å²) in [6.07, 6.45) is -0.419. The molecule has 0 aliphatic heterocycles. The van der Waals surface area contributed by atoms with Gasteiger partial charge in [0.1, 0.15) is 0 Å². The van der Waals surface area contributed by atoms with E-state index >= 15 is 0 Å². The molecule has 0 aliphatic rings. The van der Waals surface area contributed by atoms with Crippen LogP contribution in [-0.2, 0) is 4.74 Å². The molecule has 0 unspecified atom stereocenters. The van der Waals surface area contributed by atoms with Gasteiger partial charge in [-0.05, 0) is 32.9 Å². The van der Waals surface area contributed by atoms with Crippen molar-refractivity contribution in [2.45, 2.75) is 38.8 Å². The van der Waals surface area contributed by atoms with Crippen molar-refractivity contribution >= 4 is 5.96 Å². The molecular weight excluding hydrogens is 309 g/mol. The summed E-state index contributed by atoms with van der Waals surface area (Å²) in [5, 5.41) is 6.24. The minimum atomic E-state index is -4.14. The van der Waals surface area contributed by atoms with E-state index in [1.807, 2.05) is 0 Å². The highest BCUT2D eigenvalue weighted by Gasteiger charge is 2.28. The van der Waals surface area contributed by atoms with Crippen molar-refractivity contribution in [2.75, 3.05) is 53.5 Å². The molecule has 5 nitrogen and oxygen atoms in total. The Hall–Kier alpha value is -1.02. The maximum atomic E-state index is 12.2. The maximum Gasteiger partial charge on any atom is 0.401 e. The molecule has 8 heteroatoms. The van der Waals surface area contributed by atoms with Crippen molar-refractivity contribution < 1.29 is 17.9 Å². The molecule has 0 aromatic carbocycles. The molecule has 23 heavy (non-hydrogen) atoms. The van der Waals surface area contributed by atoms with E-state index in [0.717, 1.165) is 32.4 Å². The van der Waals surface area contributed by atoms with Gasteiger partial charge < -0.3 is 15.4 Å². The molecule has 2 N–H and O–H groups in total. The molecule has 0 aromatic rings. The molecule has 0 saturated heterocycles. The Bertz CT molecular complexity index is 312. The second-order valence-electron chi connectivity index (χ2n) is 5.45. The molecule has 0 saturated carbocycles. The zero-order chi connectivity index (χ0) is 17.6. The fourth-order valence-electron chi connectivity index (χ4n) is 1.89. The van der Waals surface area contributed by atoms with Gasteiger partial charge in [0.2, 0.25) is 0 Å². The minimum Gasteiger partial charge on any atom is -0.381 e. The molecule has 0 radical (unpaired) electrons. The Morgan fingerprint density at radius 3 is 2.26 bits per heavy atom. The summed E-state index contributed by atoms with van der Waals surface area (Å²) in [6, 6.07) is 0. The van der Waals surface area contributed by atoms with Gasteiger partial charge in [0, 0.05) is 33.4 Å². The van der Waals surface area contributed by atoms with Crippen LogP contribution in [0.3, 0.4) is 0 Å². The van der Waals surface area contributed by atoms with Crippen molar-refractivity contribution in [1.29, 1.82) is 0 Å². The second kappa shape index (κ2) is 13.4. The summed E-state index contributed by atoms with van der Waals surface area (Å²) < 4.78 is 42.0. The zero-order valence-electron chi connectivity index (χ0n) is 14.5. The van der Waals surface area contributed by atoms with Crippen LogP contribution < -0.4 is 10.6 Å². The van der Waals surface area contributed by atoms with Gasteiger partial charge in [-0.15, -0.1) is 0 Å². The van der Waals surface area contributed by atoms with Gasteiger partial charge in [-0.2, -0.15) is 13.2 Å². The molecule has 0 heterocycles. The highest BCUT2D eigenvalue weighted by Crippen LogP contribution is 2.15. The largest absolute Gasteiger partial charge is 0.401 e. The van der Waals surface area contributed by atoms with Crippen LogP contribution in [0.15, 0.2) is 4.99 Å². The lowest BCUT2D eigenvalue weighted by Crippen LogP contribution is -2.39. The minimum absolute atomic E-state index is 0.384. The first-order chi connectivity index (χ1) is 10.9. The Balaban J connectivity index is 3.59. The maximum absolute atomic E-state index is 12.2. The van der Waals surface area contributed by atoms with Gasteiger partial charge in [0.15, 0.2) is 5.96 Å². The number of guanidine groups is 1. The van der Waals surface area contributed by atoms with E-state index in [0.29, 0.717) is 32.1 Å². The van der Waals surface area contributed by atoms with E-state index in [1.54, 1.807) is 7.05 Å². The predicted molar refractivity (Wildman–Crippen MR) is 87.9 cm³/mol. The van der Waals surface area contributed by atoms with E-state index in [9.17, 15) is 13.2 Å². The third-order valence-corrected chi connectivity index (χ3v) is 3.08. The van der Waals surface area contributed by atoms with Crippen LogP contribution in [0.5, 0.6) is 0 Å². The van der Waals surface area contributed by atoms with Gasteiger partial charge in [-0.25, -0.2) is 0 Å². The van der Waals surface area contributed by atoms with Gasteiger partial charge in [0.25, 0.3) is 0 Å². The lowest BCUT2D eigenvalue weighted by atomic mass is 10.3. The molecule has 0 aliphatic carbocycles. The Kier molecular flexibility index (Phi) is 12.8. The first kappa shape index (κ1) is 22.0. The first-order valence-electron chi connectivity index (χ1n) is 8.16. The Labute approximate surface area is 137 Å². The molecule has 0 aromatic heterocycles. The molecule has 0 spiro atoms. The van der Waals surface area contributed by atoms with E-state index in [2.05, 4.69) is 22.5 Å². The number of unbranched alkanes of at least 4 members (excludes halogenated alkanes) is 1. The first-order valence-corrected chi connectivity index (χ1v) is 8.16. The smallest absolute Gasteiger partial charge is 0.381 e. The fourth-order valence-corrected chi connectivity index (χ4v) is 1.89. The lowest BCUT2D eigenvalue weighted by Gasteiger charge is -2.19. The third-order valence-electron chi connectivity index (χ3n) is 3.08. The van der Waals surface area contributed by atoms with Crippen LogP contribution >= 0.6 is 0 Å². The van der Waals surface area contributed by atoms with Crippen LogP contribution in [-0.4, -0.2) is 70.5 Å². The van der Waals surface area contributed by atoms with Gasteiger partial charge in [-0.3, -0.25) is 9.89 Å². The highest BCUT2D eigenvalue weighted by molar-refractivity contribution is 5.79. The number of ether oxygens (including phenoxy) is 1. The average molecular weight is 340 g/mol. The Morgan fingerprint density at radius 1 is 1.09 bits per heavy atom. The highest BCUT2D eigenvalue weighted by atomic mass is 19.4. The third kappa shape index (κ3) is 15.6. The summed E-state index contributed by atoms with van der Waals surface area (Å²) in [6.45, 7) is 4.48. The monoisotopic (exact) mass is 340 g/mol.